The van der Waals surface area contributed by atoms with Crippen molar-refractivity contribution in [2.45, 2.75) is 39.5 Å². The van der Waals surface area contributed by atoms with Gasteiger partial charge in [0.05, 0.1) is 17.0 Å². The van der Waals surface area contributed by atoms with Gasteiger partial charge in [-0.05, 0) is 42.3 Å². The van der Waals surface area contributed by atoms with Crippen LogP contribution in [0.15, 0.2) is 35.7 Å². The highest BCUT2D eigenvalue weighted by Gasteiger charge is 2.27. The van der Waals surface area contributed by atoms with Gasteiger partial charge >= 0.3 is 5.97 Å². The Bertz CT molecular complexity index is 786. The van der Waals surface area contributed by atoms with Gasteiger partial charge in [-0.25, -0.2) is 0 Å². The number of esters is 1. The fourth-order valence-corrected chi connectivity index (χ4v) is 3.60. The van der Waals surface area contributed by atoms with Crippen molar-refractivity contribution in [3.63, 3.8) is 0 Å². The number of ether oxygens (including phenoxy) is 1. The van der Waals surface area contributed by atoms with E-state index in [0.717, 1.165) is 28.8 Å². The van der Waals surface area contributed by atoms with Crippen LogP contribution in [0.5, 0.6) is 0 Å². The summed E-state index contributed by atoms with van der Waals surface area (Å²) in [6.07, 6.45) is 2.44. The Kier molecular flexibility index (Phi) is 7.55. The molecular weight excluding hydrogens is 346 g/mol. The summed E-state index contributed by atoms with van der Waals surface area (Å²) >= 11 is 1.52. The van der Waals surface area contributed by atoms with Gasteiger partial charge < -0.3 is 4.74 Å². The Morgan fingerprint density at radius 2 is 1.92 bits per heavy atom. The summed E-state index contributed by atoms with van der Waals surface area (Å²) in [4.78, 5) is 25.6. The molecule has 136 valence electrons. The van der Waals surface area contributed by atoms with E-state index in [0.29, 0.717) is 18.4 Å². The van der Waals surface area contributed by atoms with Gasteiger partial charge in [-0.2, -0.15) is 5.26 Å². The maximum absolute atomic E-state index is 12.4. The zero-order valence-electron chi connectivity index (χ0n) is 15.2. The lowest BCUT2D eigenvalue weighted by Gasteiger charge is -2.15. The van der Waals surface area contributed by atoms with Crippen LogP contribution in [0.25, 0.3) is 10.4 Å². The minimum atomic E-state index is -0.747. The first kappa shape index (κ1) is 19.9. The first-order valence-electron chi connectivity index (χ1n) is 8.86. The van der Waals surface area contributed by atoms with Gasteiger partial charge in [0.1, 0.15) is 17.8 Å². The van der Waals surface area contributed by atoms with E-state index in [9.17, 15) is 9.59 Å². The number of rotatable bonds is 9. The number of nitriles is 1. The van der Waals surface area contributed by atoms with Crippen molar-refractivity contribution in [3.05, 3.63) is 46.8 Å². The second-order valence-corrected chi connectivity index (χ2v) is 6.97. The zero-order chi connectivity index (χ0) is 18.9. The molecule has 0 aliphatic heterocycles. The van der Waals surface area contributed by atoms with E-state index in [1.165, 1.54) is 11.3 Å². The summed E-state index contributed by atoms with van der Waals surface area (Å²) < 4.78 is 5.10. The van der Waals surface area contributed by atoms with Crippen LogP contribution in [-0.4, -0.2) is 18.4 Å². The molecule has 0 radical (unpaired) electrons. The molecule has 0 spiro atoms. The number of thiophene rings is 1. The van der Waals surface area contributed by atoms with Gasteiger partial charge in [-0.3, -0.25) is 9.59 Å². The van der Waals surface area contributed by atoms with E-state index in [-0.39, 0.29) is 12.4 Å². The number of hydrogen-bond acceptors (Lipinski definition) is 5. The summed E-state index contributed by atoms with van der Waals surface area (Å²) in [6.45, 7) is 4.03. The average Bonchev–Trinajstić information content (AvgIpc) is 3.13. The molecular formula is C21H23NO3S. The molecule has 1 unspecified atom stereocenters. The third kappa shape index (κ3) is 5.03. The van der Waals surface area contributed by atoms with E-state index >= 15 is 0 Å². The highest BCUT2D eigenvalue weighted by molar-refractivity contribution is 7.13. The molecule has 1 heterocycles. The van der Waals surface area contributed by atoms with Crippen molar-refractivity contribution in [2.75, 3.05) is 6.61 Å². The highest BCUT2D eigenvalue weighted by atomic mass is 32.1. The predicted octanol–water partition coefficient (Wildman–Crippen LogP) is 4.77. The SMILES string of the molecule is CCCCC(=O)C(Cc1ccc(-c2sccc2C#N)cc1)C(=O)OCC. The molecule has 0 saturated heterocycles. The molecule has 1 aromatic carbocycles. The molecule has 26 heavy (non-hydrogen) atoms. The fraction of sp³-hybridized carbons (Fsp3) is 0.381. The molecule has 4 nitrogen and oxygen atoms in total. The summed E-state index contributed by atoms with van der Waals surface area (Å²) in [7, 11) is 0. The van der Waals surface area contributed by atoms with Crippen LogP contribution >= 0.6 is 11.3 Å². The van der Waals surface area contributed by atoms with E-state index in [4.69, 9.17) is 10.00 Å². The summed E-state index contributed by atoms with van der Waals surface area (Å²) in [5.74, 6) is -1.24. The number of carbonyl (C=O) groups is 2. The highest BCUT2D eigenvalue weighted by Crippen LogP contribution is 2.29. The molecule has 0 aliphatic rings. The molecule has 0 saturated carbocycles. The number of unbranched alkanes of at least 4 members (excludes halogenated alkanes) is 1. The molecule has 2 aromatic rings. The third-order valence-electron chi connectivity index (χ3n) is 4.18. The predicted molar refractivity (Wildman–Crippen MR) is 103 cm³/mol. The second kappa shape index (κ2) is 9.88. The second-order valence-electron chi connectivity index (χ2n) is 6.05. The maximum Gasteiger partial charge on any atom is 0.316 e. The van der Waals surface area contributed by atoms with Crippen LogP contribution in [0.4, 0.5) is 0 Å². The van der Waals surface area contributed by atoms with Crippen molar-refractivity contribution in [1.29, 1.82) is 5.26 Å². The molecule has 0 bridgehead atoms. The van der Waals surface area contributed by atoms with Crippen LogP contribution in [0, 0.1) is 17.2 Å². The number of nitrogens with zero attached hydrogens (tertiary/aromatic N) is 1. The normalized spacial score (nSPS) is 11.6. The first-order chi connectivity index (χ1) is 12.6. The lowest BCUT2D eigenvalue weighted by molar-refractivity contribution is -0.151. The van der Waals surface area contributed by atoms with Crippen molar-refractivity contribution in [1.82, 2.24) is 0 Å². The van der Waals surface area contributed by atoms with Crippen LogP contribution in [0.3, 0.4) is 0 Å². The van der Waals surface area contributed by atoms with Crippen LogP contribution in [-0.2, 0) is 20.7 Å². The van der Waals surface area contributed by atoms with Gasteiger partial charge in [0.2, 0.25) is 0 Å². The van der Waals surface area contributed by atoms with Crippen LogP contribution < -0.4 is 0 Å². The van der Waals surface area contributed by atoms with E-state index in [1.54, 1.807) is 13.0 Å². The number of hydrogen-bond donors (Lipinski definition) is 0. The van der Waals surface area contributed by atoms with Gasteiger partial charge in [-0.15, -0.1) is 11.3 Å². The average molecular weight is 369 g/mol. The van der Waals surface area contributed by atoms with Gasteiger partial charge in [0, 0.05) is 6.42 Å². The molecule has 2 rings (SSSR count). The van der Waals surface area contributed by atoms with E-state index in [2.05, 4.69) is 6.07 Å². The maximum atomic E-state index is 12.4. The molecule has 1 aromatic heterocycles. The van der Waals surface area contributed by atoms with E-state index < -0.39 is 11.9 Å². The number of benzene rings is 1. The fourth-order valence-electron chi connectivity index (χ4n) is 2.75. The van der Waals surface area contributed by atoms with E-state index in [1.807, 2.05) is 36.6 Å². The number of carbonyl (C=O) groups excluding carboxylic acids is 2. The Hall–Kier alpha value is -2.45. The minimum Gasteiger partial charge on any atom is -0.465 e. The number of ketones is 1. The molecule has 0 aliphatic carbocycles. The molecule has 0 fully saturated rings. The Labute approximate surface area is 158 Å². The Balaban J connectivity index is 2.16. The lowest BCUT2D eigenvalue weighted by atomic mass is 9.92. The molecule has 0 amide bonds. The van der Waals surface area contributed by atoms with Crippen molar-refractivity contribution in [2.24, 2.45) is 5.92 Å². The largest absolute Gasteiger partial charge is 0.465 e. The standard InChI is InChI=1S/C21H23NO3S/c1-3-5-6-19(23)18(21(24)25-4-2)13-15-7-9-16(10-8-15)20-17(14-22)11-12-26-20/h7-12,18H,3-6,13H2,1-2H3. The minimum absolute atomic E-state index is 0.0561. The molecule has 5 heteroatoms. The topological polar surface area (TPSA) is 67.2 Å². The molecule has 0 N–H and O–H groups in total. The first-order valence-corrected chi connectivity index (χ1v) is 9.74. The van der Waals surface area contributed by atoms with Crippen molar-refractivity contribution in [3.8, 4) is 16.5 Å². The summed E-state index contributed by atoms with van der Waals surface area (Å²) in [6, 6.07) is 11.7. The lowest BCUT2D eigenvalue weighted by Crippen LogP contribution is -2.28. The monoisotopic (exact) mass is 369 g/mol. The Morgan fingerprint density at radius 3 is 2.54 bits per heavy atom. The van der Waals surface area contributed by atoms with Crippen molar-refractivity contribution >= 4 is 23.1 Å². The molecule has 1 atom stereocenters. The van der Waals surface area contributed by atoms with Gasteiger partial charge in [0.15, 0.2) is 0 Å². The quantitative estimate of drug-likeness (QED) is 0.472. The van der Waals surface area contributed by atoms with Crippen molar-refractivity contribution < 1.29 is 14.3 Å². The number of Topliss-reactive ketones (excluding diaryl/α,β-unsaturated/α-hetero) is 1. The summed E-state index contributed by atoms with van der Waals surface area (Å²) in [5.41, 5.74) is 2.53. The summed E-state index contributed by atoms with van der Waals surface area (Å²) in [5, 5.41) is 11.0. The third-order valence-corrected chi connectivity index (χ3v) is 5.14. The Morgan fingerprint density at radius 1 is 1.19 bits per heavy atom. The van der Waals surface area contributed by atoms with Gasteiger partial charge in [0.25, 0.3) is 0 Å². The van der Waals surface area contributed by atoms with Crippen LogP contribution in [0.1, 0.15) is 44.2 Å². The zero-order valence-corrected chi connectivity index (χ0v) is 16.0. The van der Waals surface area contributed by atoms with Crippen LogP contribution in [0.2, 0.25) is 0 Å². The smallest absolute Gasteiger partial charge is 0.316 e. The van der Waals surface area contributed by atoms with Gasteiger partial charge in [-0.1, -0.05) is 37.6 Å².